The van der Waals surface area contributed by atoms with Crippen molar-refractivity contribution in [3.8, 4) is 0 Å². The second-order valence-corrected chi connectivity index (χ2v) is 5.36. The van der Waals surface area contributed by atoms with Crippen LogP contribution in [0.25, 0.3) is 0 Å². The third-order valence-electron chi connectivity index (χ3n) is 3.57. The summed E-state index contributed by atoms with van der Waals surface area (Å²) in [7, 11) is 0. The van der Waals surface area contributed by atoms with E-state index in [9.17, 15) is 13.2 Å². The molecule has 0 aliphatic heterocycles. The van der Waals surface area contributed by atoms with Gasteiger partial charge in [0.1, 0.15) is 0 Å². The lowest BCUT2D eigenvalue weighted by Crippen LogP contribution is -2.19. The van der Waals surface area contributed by atoms with Gasteiger partial charge in [0.25, 0.3) is 0 Å². The van der Waals surface area contributed by atoms with E-state index in [0.29, 0.717) is 0 Å². The molecule has 0 nitrogen and oxygen atoms in total. The van der Waals surface area contributed by atoms with E-state index in [1.807, 2.05) is 27.7 Å². The summed E-state index contributed by atoms with van der Waals surface area (Å²) in [6.45, 7) is 8.06. The van der Waals surface area contributed by atoms with E-state index in [4.69, 9.17) is 0 Å². The molecule has 1 aromatic carbocycles. The summed E-state index contributed by atoms with van der Waals surface area (Å²) in [5.74, 6) is 0. The van der Waals surface area contributed by atoms with Crippen LogP contribution in [0.2, 0.25) is 0 Å². The summed E-state index contributed by atoms with van der Waals surface area (Å²) in [5.41, 5.74) is 1.11. The molecule has 0 saturated heterocycles. The van der Waals surface area contributed by atoms with Gasteiger partial charge >= 0.3 is 6.18 Å². The molecule has 0 fully saturated rings. The third-order valence-corrected chi connectivity index (χ3v) is 3.57. The zero-order valence-electron chi connectivity index (χ0n) is 11.5. The third kappa shape index (κ3) is 3.27. The number of hydrogen-bond acceptors (Lipinski definition) is 0. The normalized spacial score (nSPS) is 12.8. The fraction of sp³-hybridized carbons (Fsp3) is 0.600. The molecule has 0 aliphatic carbocycles. The van der Waals surface area contributed by atoms with Gasteiger partial charge in [-0.05, 0) is 41.5 Å². The Labute approximate surface area is 107 Å². The molecular formula is C15H21F3. The van der Waals surface area contributed by atoms with Gasteiger partial charge in [-0.1, -0.05) is 40.2 Å². The topological polar surface area (TPSA) is 0 Å². The summed E-state index contributed by atoms with van der Waals surface area (Å²) < 4.78 is 38.3. The Balaban J connectivity index is 3.33. The molecule has 0 aliphatic rings. The molecule has 0 unspecified atom stereocenters. The lowest BCUT2D eigenvalue weighted by atomic mass is 9.78. The van der Waals surface area contributed by atoms with Gasteiger partial charge in [-0.25, -0.2) is 0 Å². The Morgan fingerprint density at radius 3 is 2.11 bits per heavy atom. The Morgan fingerprint density at radius 2 is 1.67 bits per heavy atom. The minimum Gasteiger partial charge on any atom is -0.166 e. The van der Waals surface area contributed by atoms with Crippen LogP contribution in [0.5, 0.6) is 0 Å². The fourth-order valence-corrected chi connectivity index (χ4v) is 2.06. The predicted molar refractivity (Wildman–Crippen MR) is 68.8 cm³/mol. The number of aryl methyl sites for hydroxylation is 1. The van der Waals surface area contributed by atoms with Crippen LogP contribution in [-0.2, 0) is 18.0 Å². The van der Waals surface area contributed by atoms with E-state index in [1.54, 1.807) is 6.07 Å². The first-order valence-electron chi connectivity index (χ1n) is 6.43. The van der Waals surface area contributed by atoms with Crippen molar-refractivity contribution in [2.75, 3.05) is 0 Å². The summed E-state index contributed by atoms with van der Waals surface area (Å²) >= 11 is 0. The monoisotopic (exact) mass is 258 g/mol. The molecule has 3 heteroatoms. The van der Waals surface area contributed by atoms with Crippen molar-refractivity contribution in [1.29, 1.82) is 0 Å². The fourth-order valence-electron chi connectivity index (χ4n) is 2.06. The zero-order chi connectivity index (χ0) is 14.0. The Morgan fingerprint density at radius 1 is 1.06 bits per heavy atom. The number of halogens is 3. The average molecular weight is 258 g/mol. The molecule has 18 heavy (non-hydrogen) atoms. The summed E-state index contributed by atoms with van der Waals surface area (Å²) in [6.07, 6.45) is -1.66. The van der Waals surface area contributed by atoms with Gasteiger partial charge in [0.15, 0.2) is 0 Å². The average Bonchev–Trinajstić information content (AvgIpc) is 2.28. The summed E-state index contributed by atoms with van der Waals surface area (Å²) in [4.78, 5) is 0. The van der Waals surface area contributed by atoms with Crippen molar-refractivity contribution < 1.29 is 13.2 Å². The Kier molecular flexibility index (Phi) is 4.46. The second-order valence-electron chi connectivity index (χ2n) is 5.36. The molecule has 0 aromatic heterocycles. The highest BCUT2D eigenvalue weighted by atomic mass is 19.4. The maximum Gasteiger partial charge on any atom is 0.416 e. The van der Waals surface area contributed by atoms with Crippen LogP contribution in [0.1, 0.15) is 57.2 Å². The van der Waals surface area contributed by atoms with Gasteiger partial charge in [0.2, 0.25) is 0 Å². The van der Waals surface area contributed by atoms with E-state index < -0.39 is 11.7 Å². The zero-order valence-corrected chi connectivity index (χ0v) is 11.5. The molecular weight excluding hydrogens is 237 g/mol. The molecule has 102 valence electrons. The lowest BCUT2D eigenvalue weighted by molar-refractivity contribution is -0.137. The van der Waals surface area contributed by atoms with E-state index in [1.165, 1.54) is 12.1 Å². The van der Waals surface area contributed by atoms with Crippen molar-refractivity contribution >= 4 is 0 Å². The minimum absolute atomic E-state index is 0.217. The highest BCUT2D eigenvalue weighted by molar-refractivity contribution is 5.38. The van der Waals surface area contributed by atoms with E-state index in [2.05, 4.69) is 0 Å². The van der Waals surface area contributed by atoms with Crippen molar-refractivity contribution in [1.82, 2.24) is 0 Å². The van der Waals surface area contributed by atoms with E-state index in [0.717, 1.165) is 30.4 Å². The van der Waals surface area contributed by atoms with Crippen LogP contribution < -0.4 is 0 Å². The number of alkyl halides is 3. The largest absolute Gasteiger partial charge is 0.416 e. The molecule has 1 aromatic rings. The molecule has 0 atom stereocenters. The minimum atomic E-state index is -4.26. The van der Waals surface area contributed by atoms with Gasteiger partial charge in [-0.2, -0.15) is 13.2 Å². The first kappa shape index (κ1) is 15.1. The molecule has 0 saturated carbocycles. The quantitative estimate of drug-likeness (QED) is 0.683. The van der Waals surface area contributed by atoms with Gasteiger partial charge in [0.05, 0.1) is 5.56 Å². The molecule has 0 amide bonds. The van der Waals surface area contributed by atoms with Crippen LogP contribution in [0.4, 0.5) is 13.2 Å². The van der Waals surface area contributed by atoms with Crippen molar-refractivity contribution in [2.24, 2.45) is 0 Å². The van der Waals surface area contributed by atoms with Gasteiger partial charge in [-0.3, -0.25) is 0 Å². The van der Waals surface area contributed by atoms with Gasteiger partial charge in [0, 0.05) is 0 Å². The maximum absolute atomic E-state index is 12.8. The highest BCUT2D eigenvalue weighted by Gasteiger charge is 2.32. The first-order valence-corrected chi connectivity index (χ1v) is 6.43. The highest BCUT2D eigenvalue weighted by Crippen LogP contribution is 2.36. The van der Waals surface area contributed by atoms with Crippen LogP contribution >= 0.6 is 0 Å². The first-order chi connectivity index (χ1) is 8.22. The Hall–Kier alpha value is -0.990. The number of rotatable bonds is 4. The van der Waals surface area contributed by atoms with Crippen molar-refractivity contribution in [3.63, 3.8) is 0 Å². The van der Waals surface area contributed by atoms with Crippen LogP contribution in [-0.4, -0.2) is 0 Å². The van der Waals surface area contributed by atoms with Crippen LogP contribution in [0.15, 0.2) is 18.2 Å². The lowest BCUT2D eigenvalue weighted by Gasteiger charge is -2.27. The Bertz CT molecular complexity index is 403. The molecule has 0 bridgehead atoms. The van der Waals surface area contributed by atoms with Gasteiger partial charge in [-0.15, -0.1) is 0 Å². The van der Waals surface area contributed by atoms with Crippen molar-refractivity contribution in [2.45, 2.75) is 58.5 Å². The predicted octanol–water partition coefficient (Wildman–Crippen LogP) is 5.35. The van der Waals surface area contributed by atoms with Gasteiger partial charge < -0.3 is 0 Å². The van der Waals surface area contributed by atoms with Crippen LogP contribution in [0.3, 0.4) is 0 Å². The van der Waals surface area contributed by atoms with E-state index >= 15 is 0 Å². The van der Waals surface area contributed by atoms with E-state index in [-0.39, 0.29) is 5.41 Å². The number of hydrogen-bond donors (Lipinski definition) is 0. The maximum atomic E-state index is 12.8. The molecule has 1 rings (SSSR count). The SMILES string of the molecule is CCCc1ccc(C(F)(F)F)cc1C(C)(C)CC. The summed E-state index contributed by atoms with van der Waals surface area (Å²) in [5, 5.41) is 0. The standard InChI is InChI=1S/C15H21F3/c1-5-7-11-8-9-12(15(16,17)18)10-13(11)14(3,4)6-2/h8-10H,5-7H2,1-4H3. The molecule has 0 N–H and O–H groups in total. The molecule has 0 spiro atoms. The molecule has 0 heterocycles. The molecule has 0 radical (unpaired) electrons. The number of benzene rings is 1. The van der Waals surface area contributed by atoms with Crippen LogP contribution in [0, 0.1) is 0 Å². The second kappa shape index (κ2) is 5.33. The van der Waals surface area contributed by atoms with Crippen molar-refractivity contribution in [3.05, 3.63) is 34.9 Å². The summed E-state index contributed by atoms with van der Waals surface area (Å²) in [6, 6.07) is 4.16. The smallest absolute Gasteiger partial charge is 0.166 e.